The van der Waals surface area contributed by atoms with E-state index < -0.39 is 3.79 Å². The lowest BCUT2D eigenvalue weighted by molar-refractivity contribution is 0.174. The van der Waals surface area contributed by atoms with E-state index in [4.69, 9.17) is 44.3 Å². The van der Waals surface area contributed by atoms with Crippen LogP contribution in [0.4, 0.5) is 0 Å². The van der Waals surface area contributed by atoms with Gasteiger partial charge in [0.1, 0.15) is 0 Å². The van der Waals surface area contributed by atoms with Crippen LogP contribution < -0.4 is 9.47 Å². The summed E-state index contributed by atoms with van der Waals surface area (Å²) in [6.07, 6.45) is 1.86. The molecule has 0 fully saturated rings. The quantitative estimate of drug-likeness (QED) is 0.791. The van der Waals surface area contributed by atoms with E-state index in [2.05, 4.69) is 15.4 Å². The number of benzene rings is 1. The summed E-state index contributed by atoms with van der Waals surface area (Å²) >= 11 is 17.7. The normalized spacial score (nSPS) is 13.6. The molecule has 8 heteroatoms. The predicted molar refractivity (Wildman–Crippen MR) is 74.4 cm³/mol. The third-order valence-corrected chi connectivity index (χ3v) is 3.44. The van der Waals surface area contributed by atoms with Crippen LogP contribution >= 0.6 is 34.8 Å². The Balaban J connectivity index is 1.92. The van der Waals surface area contributed by atoms with Crippen molar-refractivity contribution in [3.05, 3.63) is 41.2 Å². The average Bonchev–Trinajstić information content (AvgIpc) is 2.85. The molecule has 0 aliphatic carbocycles. The number of hydrogen-bond donors (Lipinski definition) is 0. The van der Waals surface area contributed by atoms with E-state index >= 15 is 0 Å². The Morgan fingerprint density at radius 1 is 1.15 bits per heavy atom. The third-order valence-electron chi connectivity index (χ3n) is 2.83. The van der Waals surface area contributed by atoms with Crippen molar-refractivity contribution in [2.45, 2.75) is 10.2 Å². The van der Waals surface area contributed by atoms with Crippen LogP contribution in [0.1, 0.15) is 16.8 Å². The largest absolute Gasteiger partial charge is 0.454 e. The summed E-state index contributed by atoms with van der Waals surface area (Å²) in [5, 5.41) is 11.2. The van der Waals surface area contributed by atoms with Crippen molar-refractivity contribution in [3.8, 4) is 11.5 Å². The molecule has 0 N–H and O–H groups in total. The van der Waals surface area contributed by atoms with Crippen molar-refractivity contribution in [2.75, 3.05) is 6.79 Å². The number of hydrogen-bond acceptors (Lipinski definition) is 5. The Kier molecular flexibility index (Phi) is 3.58. The van der Waals surface area contributed by atoms with E-state index in [9.17, 15) is 0 Å². The summed E-state index contributed by atoms with van der Waals surface area (Å²) in [5.74, 6) is 1.41. The van der Waals surface area contributed by atoms with Gasteiger partial charge in [0.2, 0.25) is 10.6 Å². The average molecular weight is 333 g/mol. The SMILES string of the molecule is ClC(Cl)(Cl)c1cnnnc1Cc1ccc2c(c1)OCO2. The molecule has 0 amide bonds. The summed E-state index contributed by atoms with van der Waals surface area (Å²) in [6.45, 7) is 0.229. The summed E-state index contributed by atoms with van der Waals surface area (Å²) < 4.78 is 8.99. The second kappa shape index (κ2) is 5.24. The Bertz CT molecular complexity index is 646. The van der Waals surface area contributed by atoms with Crippen LogP contribution in [0.3, 0.4) is 0 Å². The van der Waals surface area contributed by atoms with Gasteiger partial charge in [-0.2, -0.15) is 0 Å². The fraction of sp³-hybridized carbons (Fsp3) is 0.250. The van der Waals surface area contributed by atoms with Gasteiger partial charge in [0.25, 0.3) is 0 Å². The summed E-state index contributed by atoms with van der Waals surface area (Å²) in [5.41, 5.74) is 1.92. The van der Waals surface area contributed by atoms with Crippen molar-refractivity contribution >= 4 is 34.8 Å². The smallest absolute Gasteiger partial charge is 0.231 e. The monoisotopic (exact) mass is 331 g/mol. The van der Waals surface area contributed by atoms with Gasteiger partial charge in [0.15, 0.2) is 11.5 Å². The fourth-order valence-corrected chi connectivity index (χ4v) is 2.38. The first-order valence-corrected chi connectivity index (χ1v) is 6.80. The number of rotatable bonds is 2. The molecule has 1 aromatic heterocycles. The highest BCUT2D eigenvalue weighted by Gasteiger charge is 2.28. The maximum absolute atomic E-state index is 5.90. The maximum Gasteiger partial charge on any atom is 0.231 e. The summed E-state index contributed by atoms with van der Waals surface area (Å²) in [4.78, 5) is 0. The van der Waals surface area contributed by atoms with E-state index in [0.29, 0.717) is 23.4 Å². The highest BCUT2D eigenvalue weighted by Crippen LogP contribution is 2.40. The molecule has 104 valence electrons. The minimum absolute atomic E-state index is 0.229. The predicted octanol–water partition coefficient (Wildman–Crippen LogP) is 3.02. The van der Waals surface area contributed by atoms with E-state index in [1.54, 1.807) is 0 Å². The first-order chi connectivity index (χ1) is 9.54. The molecule has 1 aromatic carbocycles. The highest BCUT2D eigenvalue weighted by molar-refractivity contribution is 6.66. The van der Waals surface area contributed by atoms with E-state index in [0.717, 1.165) is 11.3 Å². The molecule has 0 bridgehead atoms. The molecule has 1 aliphatic heterocycles. The first-order valence-electron chi connectivity index (χ1n) is 5.67. The third kappa shape index (κ3) is 2.75. The van der Waals surface area contributed by atoms with Crippen LogP contribution in [0.15, 0.2) is 24.4 Å². The molecule has 20 heavy (non-hydrogen) atoms. The maximum atomic E-state index is 5.90. The summed E-state index contributed by atoms with van der Waals surface area (Å²) in [7, 11) is 0. The standard InChI is InChI=1S/C12H8Cl3N3O2/c13-12(14,15)8-5-16-18-17-9(8)3-7-1-2-10-11(4-7)20-6-19-10/h1-2,4-5H,3,6H2. The van der Waals surface area contributed by atoms with Crippen molar-refractivity contribution < 1.29 is 9.47 Å². The van der Waals surface area contributed by atoms with Gasteiger partial charge < -0.3 is 9.47 Å². The molecule has 0 saturated heterocycles. The number of ether oxygens (including phenoxy) is 2. The zero-order chi connectivity index (χ0) is 14.2. The van der Waals surface area contributed by atoms with Gasteiger partial charge in [-0.15, -0.1) is 10.2 Å². The van der Waals surface area contributed by atoms with Gasteiger partial charge in [-0.3, -0.25) is 0 Å². The minimum atomic E-state index is -1.59. The number of alkyl halides is 3. The highest BCUT2D eigenvalue weighted by atomic mass is 35.6. The van der Waals surface area contributed by atoms with Crippen LogP contribution in [0.2, 0.25) is 0 Å². The second-order valence-corrected chi connectivity index (χ2v) is 6.44. The zero-order valence-electron chi connectivity index (χ0n) is 10.0. The van der Waals surface area contributed by atoms with Gasteiger partial charge in [-0.05, 0) is 22.9 Å². The first kappa shape index (κ1) is 13.7. The van der Waals surface area contributed by atoms with Crippen LogP contribution in [0, 0.1) is 0 Å². The van der Waals surface area contributed by atoms with E-state index in [-0.39, 0.29) is 6.79 Å². The van der Waals surface area contributed by atoms with Crippen LogP contribution in [-0.2, 0) is 10.2 Å². The molecule has 3 rings (SSSR count). The van der Waals surface area contributed by atoms with Crippen molar-refractivity contribution in [1.82, 2.24) is 15.4 Å². The molecule has 2 aromatic rings. The Hall–Kier alpha value is -1.30. The van der Waals surface area contributed by atoms with Gasteiger partial charge in [0, 0.05) is 12.0 Å². The molecule has 0 atom stereocenters. The van der Waals surface area contributed by atoms with Crippen LogP contribution in [-0.4, -0.2) is 22.2 Å². The fourth-order valence-electron chi connectivity index (χ4n) is 1.90. The van der Waals surface area contributed by atoms with Gasteiger partial charge in [-0.1, -0.05) is 40.9 Å². The zero-order valence-corrected chi connectivity index (χ0v) is 12.3. The van der Waals surface area contributed by atoms with Crippen LogP contribution in [0.5, 0.6) is 11.5 Å². The van der Waals surface area contributed by atoms with Crippen molar-refractivity contribution in [2.24, 2.45) is 0 Å². The molecule has 5 nitrogen and oxygen atoms in total. The minimum Gasteiger partial charge on any atom is -0.454 e. The molecule has 0 radical (unpaired) electrons. The molecule has 0 unspecified atom stereocenters. The number of nitrogens with zero attached hydrogens (tertiary/aromatic N) is 3. The van der Waals surface area contributed by atoms with Crippen molar-refractivity contribution in [1.29, 1.82) is 0 Å². The molecule has 1 aliphatic rings. The van der Waals surface area contributed by atoms with Crippen molar-refractivity contribution in [3.63, 3.8) is 0 Å². The topological polar surface area (TPSA) is 57.1 Å². The Morgan fingerprint density at radius 2 is 1.95 bits per heavy atom. The van der Waals surface area contributed by atoms with Gasteiger partial charge >= 0.3 is 0 Å². The van der Waals surface area contributed by atoms with Gasteiger partial charge in [-0.25, -0.2) is 0 Å². The number of fused-ring (bicyclic) bond motifs is 1. The number of aromatic nitrogens is 3. The second-order valence-electron chi connectivity index (χ2n) is 4.16. The van der Waals surface area contributed by atoms with E-state index in [1.165, 1.54) is 6.20 Å². The molecule has 0 saturated carbocycles. The van der Waals surface area contributed by atoms with E-state index in [1.807, 2.05) is 18.2 Å². The van der Waals surface area contributed by atoms with Gasteiger partial charge in [0.05, 0.1) is 11.9 Å². The molecular formula is C12H8Cl3N3O2. The molecule has 2 heterocycles. The Morgan fingerprint density at radius 3 is 2.75 bits per heavy atom. The lowest BCUT2D eigenvalue weighted by atomic mass is 10.1. The van der Waals surface area contributed by atoms with Crippen LogP contribution in [0.25, 0.3) is 0 Å². The lowest BCUT2D eigenvalue weighted by Gasteiger charge is -2.13. The summed E-state index contributed by atoms with van der Waals surface area (Å²) in [6, 6.07) is 5.60. The lowest BCUT2D eigenvalue weighted by Crippen LogP contribution is -2.10. The molecular weight excluding hydrogens is 325 g/mol. The molecule has 0 spiro atoms. The Labute approximate surface area is 129 Å². The number of halogens is 3.